The summed E-state index contributed by atoms with van der Waals surface area (Å²) in [7, 11) is 3.57. The number of carboxylic acids is 1. The zero-order valence-corrected chi connectivity index (χ0v) is 19.3. The van der Waals surface area contributed by atoms with E-state index in [4.69, 9.17) is 14.6 Å². The van der Waals surface area contributed by atoms with Crippen LogP contribution in [-0.2, 0) is 24.5 Å². The van der Waals surface area contributed by atoms with Crippen molar-refractivity contribution in [3.05, 3.63) is 29.8 Å². The number of rotatable bonds is 4. The molecule has 2 saturated heterocycles. The third-order valence-corrected chi connectivity index (χ3v) is 6.64. The number of amides is 2. The van der Waals surface area contributed by atoms with Crippen molar-refractivity contribution in [1.82, 2.24) is 9.80 Å². The Morgan fingerprint density at radius 3 is 2.35 bits per heavy atom. The van der Waals surface area contributed by atoms with Gasteiger partial charge in [0.05, 0.1) is 18.6 Å². The molecule has 3 heterocycles. The molecule has 1 atom stereocenters. The second-order valence-electron chi connectivity index (χ2n) is 9.11. The van der Waals surface area contributed by atoms with Crippen LogP contribution < -0.4 is 4.90 Å². The number of alkyl halides is 3. The second-order valence-corrected chi connectivity index (χ2v) is 9.11. The maximum Gasteiger partial charge on any atom is 0.490 e. The van der Waals surface area contributed by atoms with Crippen LogP contribution in [0.25, 0.3) is 0 Å². The van der Waals surface area contributed by atoms with Crippen LogP contribution in [0.2, 0.25) is 0 Å². The van der Waals surface area contributed by atoms with Gasteiger partial charge in [0, 0.05) is 51.9 Å². The van der Waals surface area contributed by atoms with E-state index in [1.165, 1.54) is 5.56 Å². The average Bonchev–Trinajstić information content (AvgIpc) is 3.37. The van der Waals surface area contributed by atoms with E-state index in [1.807, 2.05) is 17.0 Å². The highest BCUT2D eigenvalue weighted by molar-refractivity contribution is 6.08. The highest BCUT2D eigenvalue weighted by atomic mass is 19.4. The number of nitrogens with zero attached hydrogens (tertiary/aromatic N) is 3. The predicted octanol–water partition coefficient (Wildman–Crippen LogP) is 2.12. The van der Waals surface area contributed by atoms with Gasteiger partial charge in [-0.15, -0.1) is 0 Å². The first-order valence-corrected chi connectivity index (χ1v) is 11.2. The van der Waals surface area contributed by atoms with Crippen molar-refractivity contribution in [3.8, 4) is 0 Å². The molecule has 0 bridgehead atoms. The van der Waals surface area contributed by atoms with Gasteiger partial charge in [-0.1, -0.05) is 18.2 Å². The summed E-state index contributed by atoms with van der Waals surface area (Å²) in [6.45, 7) is 4.29. The van der Waals surface area contributed by atoms with Crippen molar-refractivity contribution in [1.29, 1.82) is 0 Å². The van der Waals surface area contributed by atoms with Gasteiger partial charge in [-0.25, -0.2) is 4.79 Å². The molecular weight excluding hydrogens is 455 g/mol. The molecule has 1 aromatic carbocycles. The van der Waals surface area contributed by atoms with Gasteiger partial charge < -0.3 is 19.6 Å². The molecule has 11 heteroatoms. The Morgan fingerprint density at radius 2 is 1.82 bits per heavy atom. The Balaban J connectivity index is 0.000000406. The Hall–Kier alpha value is -2.66. The number of hydrogen-bond donors (Lipinski definition) is 1. The number of hydrogen-bond acceptors (Lipinski definition) is 5. The monoisotopic (exact) mass is 485 g/mol. The van der Waals surface area contributed by atoms with Crippen LogP contribution in [0.5, 0.6) is 0 Å². The van der Waals surface area contributed by atoms with Crippen molar-refractivity contribution < 1.29 is 37.4 Å². The summed E-state index contributed by atoms with van der Waals surface area (Å²) >= 11 is 0. The van der Waals surface area contributed by atoms with Crippen LogP contribution in [0.3, 0.4) is 0 Å². The normalized spacial score (nSPS) is 21.7. The van der Waals surface area contributed by atoms with Gasteiger partial charge in [-0.3, -0.25) is 14.5 Å². The summed E-state index contributed by atoms with van der Waals surface area (Å²) < 4.78 is 37.3. The Bertz CT molecular complexity index is 907. The molecule has 8 nitrogen and oxygen atoms in total. The number of anilines is 1. The summed E-state index contributed by atoms with van der Waals surface area (Å²) in [4.78, 5) is 40.3. The van der Waals surface area contributed by atoms with Gasteiger partial charge in [0.25, 0.3) is 0 Å². The molecule has 0 aliphatic carbocycles. The zero-order chi connectivity index (χ0) is 25.1. The lowest BCUT2D eigenvalue weighted by atomic mass is 9.73. The van der Waals surface area contributed by atoms with E-state index in [0.717, 1.165) is 57.8 Å². The summed E-state index contributed by atoms with van der Waals surface area (Å²) in [6.07, 6.45) is -2.50. The molecule has 34 heavy (non-hydrogen) atoms. The summed E-state index contributed by atoms with van der Waals surface area (Å²) in [5, 5.41) is 7.12. The van der Waals surface area contributed by atoms with Crippen molar-refractivity contribution >= 4 is 23.5 Å². The van der Waals surface area contributed by atoms with Crippen LogP contribution in [0.1, 0.15) is 24.8 Å². The molecule has 2 fully saturated rings. The van der Waals surface area contributed by atoms with Crippen molar-refractivity contribution in [2.75, 3.05) is 58.4 Å². The quantitative estimate of drug-likeness (QED) is 0.703. The number of piperidine rings is 1. The van der Waals surface area contributed by atoms with Gasteiger partial charge in [0.15, 0.2) is 0 Å². The molecule has 0 saturated carbocycles. The van der Waals surface area contributed by atoms with Crippen molar-refractivity contribution in [2.45, 2.75) is 30.9 Å². The minimum Gasteiger partial charge on any atom is -0.475 e. The molecule has 4 rings (SSSR count). The van der Waals surface area contributed by atoms with Gasteiger partial charge in [0.1, 0.15) is 0 Å². The molecule has 1 N–H and O–H groups in total. The molecule has 0 aromatic heterocycles. The fourth-order valence-corrected chi connectivity index (χ4v) is 4.67. The maximum absolute atomic E-state index is 13.6. The molecule has 3 aliphatic heterocycles. The van der Waals surface area contributed by atoms with E-state index in [-0.39, 0.29) is 11.8 Å². The summed E-state index contributed by atoms with van der Waals surface area (Å²) in [5.74, 6) is -1.97. The molecule has 1 aromatic rings. The van der Waals surface area contributed by atoms with Crippen LogP contribution in [0, 0.1) is 5.92 Å². The number of aliphatic carboxylic acids is 1. The van der Waals surface area contributed by atoms with E-state index in [1.54, 1.807) is 19.0 Å². The second kappa shape index (κ2) is 10.3. The number of benzene rings is 1. The van der Waals surface area contributed by atoms with Gasteiger partial charge in [0.2, 0.25) is 11.8 Å². The third kappa shape index (κ3) is 5.52. The number of likely N-dealkylation sites (tertiary alicyclic amines) is 1. The van der Waals surface area contributed by atoms with Crippen LogP contribution in [0.4, 0.5) is 18.9 Å². The molecule has 0 radical (unpaired) electrons. The number of likely N-dealkylation sites (N-methyl/N-ethyl adjacent to an activating group) is 1. The van der Waals surface area contributed by atoms with E-state index in [2.05, 4.69) is 17.0 Å². The summed E-state index contributed by atoms with van der Waals surface area (Å²) in [6, 6.07) is 8.27. The number of carboxylic acid groups (broad SMARTS) is 1. The highest BCUT2D eigenvalue weighted by Crippen LogP contribution is 2.48. The van der Waals surface area contributed by atoms with Crippen molar-refractivity contribution in [2.24, 2.45) is 5.92 Å². The molecular formula is C23H30F3N3O5. The lowest BCUT2D eigenvalue weighted by Crippen LogP contribution is -2.51. The summed E-state index contributed by atoms with van der Waals surface area (Å²) in [5.41, 5.74) is 1.83. The Labute approximate surface area is 196 Å². The number of halogens is 3. The first-order valence-electron chi connectivity index (χ1n) is 11.2. The molecule has 188 valence electrons. The van der Waals surface area contributed by atoms with Gasteiger partial charge >= 0.3 is 12.1 Å². The smallest absolute Gasteiger partial charge is 0.475 e. The fourth-order valence-electron chi connectivity index (χ4n) is 4.67. The third-order valence-electron chi connectivity index (χ3n) is 6.64. The molecule has 3 aliphatic rings. The fraction of sp³-hybridized carbons (Fsp3) is 0.609. The SMILES string of the molecule is CN(C)C(=O)CN1CCC2(CC1)C(=O)N(CC1CCOC1)c1ccccc12.O=C(O)C(F)(F)F. The van der Waals surface area contributed by atoms with Crippen molar-refractivity contribution in [3.63, 3.8) is 0 Å². The first kappa shape index (κ1) is 26.0. The van der Waals surface area contributed by atoms with E-state index in [9.17, 15) is 22.8 Å². The van der Waals surface area contributed by atoms with Crippen LogP contribution in [0.15, 0.2) is 24.3 Å². The topological polar surface area (TPSA) is 90.4 Å². The van der Waals surface area contributed by atoms with E-state index in [0.29, 0.717) is 12.5 Å². The lowest BCUT2D eigenvalue weighted by Gasteiger charge is -2.38. The predicted molar refractivity (Wildman–Crippen MR) is 117 cm³/mol. The average molecular weight is 486 g/mol. The number of para-hydroxylation sites is 1. The first-order chi connectivity index (χ1) is 16.0. The lowest BCUT2D eigenvalue weighted by molar-refractivity contribution is -0.192. The number of fused-ring (bicyclic) bond motifs is 2. The van der Waals surface area contributed by atoms with Crippen LogP contribution in [-0.4, -0.2) is 92.4 Å². The molecule has 2 amide bonds. The van der Waals surface area contributed by atoms with Crippen LogP contribution >= 0.6 is 0 Å². The minimum atomic E-state index is -5.08. The maximum atomic E-state index is 13.6. The number of carbonyl (C=O) groups excluding carboxylic acids is 2. The van der Waals surface area contributed by atoms with E-state index < -0.39 is 17.6 Å². The minimum absolute atomic E-state index is 0.118. The van der Waals surface area contributed by atoms with Gasteiger partial charge in [-0.05, 0) is 30.9 Å². The van der Waals surface area contributed by atoms with Gasteiger partial charge in [-0.2, -0.15) is 13.2 Å². The Morgan fingerprint density at radius 1 is 1.21 bits per heavy atom. The highest BCUT2D eigenvalue weighted by Gasteiger charge is 2.52. The largest absolute Gasteiger partial charge is 0.490 e. The standard InChI is InChI=1S/C21H29N3O3.C2HF3O2/c1-22(2)19(25)14-23-10-8-21(9-11-23)17-5-3-4-6-18(17)24(20(21)26)13-16-7-12-27-15-16;3-2(4,5)1(6)7/h3-6,16H,7-15H2,1-2H3;(H,6,7). The zero-order valence-electron chi connectivity index (χ0n) is 19.3. The molecule has 1 spiro atoms. The molecule has 1 unspecified atom stereocenters. The Kier molecular flexibility index (Phi) is 7.87. The number of carbonyl (C=O) groups is 3. The van der Waals surface area contributed by atoms with E-state index >= 15 is 0 Å². The number of ether oxygens (including phenoxy) is 1.